The third kappa shape index (κ3) is 2.57. The molecule has 0 atom stereocenters. The van der Waals surface area contributed by atoms with E-state index in [9.17, 15) is 4.79 Å². The summed E-state index contributed by atoms with van der Waals surface area (Å²) in [7, 11) is 0. The average molecular weight is 254 g/mol. The summed E-state index contributed by atoms with van der Waals surface area (Å²) < 4.78 is 5.24. The molecule has 2 aromatic carbocycles. The van der Waals surface area contributed by atoms with E-state index in [0.717, 1.165) is 22.9 Å². The number of hydrogen-bond donors (Lipinski definition) is 1. The van der Waals surface area contributed by atoms with Crippen molar-refractivity contribution in [2.75, 3.05) is 18.5 Å². The first-order chi connectivity index (χ1) is 9.33. The molecule has 0 fully saturated rings. The molecule has 0 saturated carbocycles. The lowest BCUT2D eigenvalue weighted by Gasteiger charge is -2.13. The van der Waals surface area contributed by atoms with Crippen LogP contribution in [0.15, 0.2) is 47.5 Å². The molecule has 0 bridgehead atoms. The Labute approximate surface area is 111 Å². The van der Waals surface area contributed by atoms with Crippen LogP contribution in [-0.2, 0) is 9.53 Å². The number of hydrogen-bond acceptors (Lipinski definition) is 3. The van der Waals surface area contributed by atoms with Crippen molar-refractivity contribution >= 4 is 28.3 Å². The predicted molar refractivity (Wildman–Crippen MR) is 75.4 cm³/mol. The maximum Gasteiger partial charge on any atom is 0.310 e. The van der Waals surface area contributed by atoms with E-state index < -0.39 is 0 Å². The molecule has 1 aliphatic heterocycles. The second kappa shape index (κ2) is 5.10. The zero-order valence-electron chi connectivity index (χ0n) is 10.4. The van der Waals surface area contributed by atoms with E-state index in [0.29, 0.717) is 13.2 Å². The first kappa shape index (κ1) is 11.7. The third-order valence-corrected chi connectivity index (χ3v) is 3.00. The van der Waals surface area contributed by atoms with Crippen molar-refractivity contribution in [3.05, 3.63) is 42.5 Å². The molecular formula is C15H14N2O2. The van der Waals surface area contributed by atoms with Crippen LogP contribution in [0.25, 0.3) is 10.8 Å². The van der Waals surface area contributed by atoms with E-state index in [2.05, 4.69) is 10.3 Å². The van der Waals surface area contributed by atoms with Gasteiger partial charge in [-0.2, -0.15) is 0 Å². The number of nitrogens with one attached hydrogen (secondary N) is 1. The fourth-order valence-corrected chi connectivity index (χ4v) is 2.05. The lowest BCUT2D eigenvalue weighted by Crippen LogP contribution is -2.28. The van der Waals surface area contributed by atoms with Crippen molar-refractivity contribution < 1.29 is 9.53 Å². The minimum absolute atomic E-state index is 0.180. The standard InChI is InChI=1S/C15H14N2O2/c18-14(15-16-8-3-9-19-15)17-13-7-6-11-4-1-2-5-12(11)10-13/h1-2,4-7,10H,3,8-9H2,(H,17,18). The maximum absolute atomic E-state index is 11.9. The Morgan fingerprint density at radius 1 is 1.16 bits per heavy atom. The van der Waals surface area contributed by atoms with Gasteiger partial charge < -0.3 is 10.1 Å². The summed E-state index contributed by atoms with van der Waals surface area (Å²) in [4.78, 5) is 16.0. The minimum Gasteiger partial charge on any atom is -0.474 e. The fraction of sp³-hybridized carbons (Fsp3) is 0.200. The van der Waals surface area contributed by atoms with Crippen molar-refractivity contribution in [2.24, 2.45) is 4.99 Å². The van der Waals surface area contributed by atoms with Crippen LogP contribution in [0.5, 0.6) is 0 Å². The second-order valence-corrected chi connectivity index (χ2v) is 4.40. The number of fused-ring (bicyclic) bond motifs is 1. The molecule has 96 valence electrons. The van der Waals surface area contributed by atoms with Gasteiger partial charge >= 0.3 is 5.91 Å². The number of nitrogens with zero attached hydrogens (tertiary/aromatic N) is 1. The predicted octanol–water partition coefficient (Wildman–Crippen LogP) is 2.60. The van der Waals surface area contributed by atoms with Crippen molar-refractivity contribution in [1.29, 1.82) is 0 Å². The summed E-state index contributed by atoms with van der Waals surface area (Å²) in [6.07, 6.45) is 0.868. The number of carbonyl (C=O) groups excluding carboxylic acids is 1. The average Bonchev–Trinajstić information content (AvgIpc) is 2.48. The van der Waals surface area contributed by atoms with Crippen LogP contribution in [-0.4, -0.2) is 25.0 Å². The molecule has 0 radical (unpaired) electrons. The summed E-state index contributed by atoms with van der Waals surface area (Å²) in [6.45, 7) is 1.21. The number of aliphatic imine (C=N–C) groups is 1. The van der Waals surface area contributed by atoms with Gasteiger partial charge in [0.25, 0.3) is 5.90 Å². The molecule has 1 amide bonds. The Morgan fingerprint density at radius 2 is 2.00 bits per heavy atom. The van der Waals surface area contributed by atoms with E-state index in [-0.39, 0.29) is 11.8 Å². The Kier molecular flexibility index (Phi) is 3.14. The van der Waals surface area contributed by atoms with Crippen molar-refractivity contribution in [1.82, 2.24) is 0 Å². The van der Waals surface area contributed by atoms with Gasteiger partial charge in [-0.3, -0.25) is 4.79 Å². The van der Waals surface area contributed by atoms with Gasteiger partial charge in [-0.1, -0.05) is 30.3 Å². The highest BCUT2D eigenvalue weighted by molar-refractivity contribution is 6.39. The largest absolute Gasteiger partial charge is 0.474 e. The smallest absolute Gasteiger partial charge is 0.310 e. The van der Waals surface area contributed by atoms with E-state index in [1.165, 1.54) is 0 Å². The molecule has 4 nitrogen and oxygen atoms in total. The van der Waals surface area contributed by atoms with E-state index >= 15 is 0 Å². The van der Waals surface area contributed by atoms with Crippen molar-refractivity contribution in [3.63, 3.8) is 0 Å². The maximum atomic E-state index is 11.9. The number of carbonyl (C=O) groups is 1. The number of benzene rings is 2. The van der Waals surface area contributed by atoms with E-state index in [1.807, 2.05) is 42.5 Å². The Hall–Kier alpha value is -2.36. The zero-order valence-corrected chi connectivity index (χ0v) is 10.4. The summed E-state index contributed by atoms with van der Waals surface area (Å²) in [5, 5.41) is 5.04. The van der Waals surface area contributed by atoms with Crippen LogP contribution in [0, 0.1) is 0 Å². The minimum atomic E-state index is -0.282. The molecule has 4 heteroatoms. The molecule has 19 heavy (non-hydrogen) atoms. The zero-order chi connectivity index (χ0) is 13.1. The molecule has 3 rings (SSSR count). The lowest BCUT2D eigenvalue weighted by atomic mass is 10.1. The Morgan fingerprint density at radius 3 is 2.79 bits per heavy atom. The van der Waals surface area contributed by atoms with Gasteiger partial charge in [-0.25, -0.2) is 4.99 Å². The molecule has 1 aliphatic rings. The SMILES string of the molecule is O=C(Nc1ccc2ccccc2c1)C1=NCCCO1. The monoisotopic (exact) mass is 254 g/mol. The van der Waals surface area contributed by atoms with Crippen LogP contribution in [0.3, 0.4) is 0 Å². The van der Waals surface area contributed by atoms with Gasteiger partial charge in [-0.15, -0.1) is 0 Å². The highest BCUT2D eigenvalue weighted by Gasteiger charge is 2.15. The first-order valence-corrected chi connectivity index (χ1v) is 6.30. The van der Waals surface area contributed by atoms with E-state index in [4.69, 9.17) is 4.74 Å². The summed E-state index contributed by atoms with van der Waals surface area (Å²) in [5.41, 5.74) is 0.751. The van der Waals surface area contributed by atoms with Crippen LogP contribution < -0.4 is 5.32 Å². The molecule has 0 unspecified atom stereocenters. The number of rotatable bonds is 2. The van der Waals surface area contributed by atoms with Crippen LogP contribution in [0.1, 0.15) is 6.42 Å². The Balaban J connectivity index is 1.81. The molecule has 2 aromatic rings. The molecule has 0 spiro atoms. The summed E-state index contributed by atoms with van der Waals surface area (Å²) in [6, 6.07) is 13.8. The number of amides is 1. The molecule has 0 aliphatic carbocycles. The summed E-state index contributed by atoms with van der Waals surface area (Å²) >= 11 is 0. The second-order valence-electron chi connectivity index (χ2n) is 4.40. The number of anilines is 1. The quantitative estimate of drug-likeness (QED) is 0.895. The highest BCUT2D eigenvalue weighted by Crippen LogP contribution is 2.18. The highest BCUT2D eigenvalue weighted by atomic mass is 16.5. The van der Waals surface area contributed by atoms with Gasteiger partial charge in [-0.05, 0) is 22.9 Å². The van der Waals surface area contributed by atoms with Crippen molar-refractivity contribution in [2.45, 2.75) is 6.42 Å². The molecule has 1 heterocycles. The van der Waals surface area contributed by atoms with Gasteiger partial charge in [0.15, 0.2) is 0 Å². The lowest BCUT2D eigenvalue weighted by molar-refractivity contribution is -0.111. The normalized spacial score (nSPS) is 14.6. The molecular weight excluding hydrogens is 240 g/mol. The number of ether oxygens (including phenoxy) is 1. The Bertz CT molecular complexity index is 649. The first-order valence-electron chi connectivity index (χ1n) is 6.30. The van der Waals surface area contributed by atoms with Crippen LogP contribution >= 0.6 is 0 Å². The van der Waals surface area contributed by atoms with Gasteiger partial charge in [0.1, 0.15) is 0 Å². The molecule has 0 saturated heterocycles. The van der Waals surface area contributed by atoms with Crippen molar-refractivity contribution in [3.8, 4) is 0 Å². The summed E-state index contributed by atoms with van der Waals surface area (Å²) in [5.74, 6) is -0.102. The van der Waals surface area contributed by atoms with Crippen LogP contribution in [0.4, 0.5) is 5.69 Å². The van der Waals surface area contributed by atoms with Gasteiger partial charge in [0, 0.05) is 18.7 Å². The van der Waals surface area contributed by atoms with Gasteiger partial charge in [0.05, 0.1) is 6.61 Å². The van der Waals surface area contributed by atoms with E-state index in [1.54, 1.807) is 0 Å². The molecule has 1 N–H and O–H groups in total. The van der Waals surface area contributed by atoms with Gasteiger partial charge in [0.2, 0.25) is 0 Å². The third-order valence-electron chi connectivity index (χ3n) is 3.00. The topological polar surface area (TPSA) is 50.7 Å². The van der Waals surface area contributed by atoms with Crippen LogP contribution in [0.2, 0.25) is 0 Å². The fourth-order valence-electron chi connectivity index (χ4n) is 2.05. The molecule has 0 aromatic heterocycles.